The number of hydrogen-bond acceptors (Lipinski definition) is 2. The molecule has 1 heterocycles. The van der Waals surface area contributed by atoms with Crippen LogP contribution in [0.3, 0.4) is 0 Å². The normalized spacial score (nSPS) is 13.7. The summed E-state index contributed by atoms with van der Waals surface area (Å²) in [7, 11) is 0. The van der Waals surface area contributed by atoms with Gasteiger partial charge in [-0.25, -0.2) is 0 Å². The van der Waals surface area contributed by atoms with Gasteiger partial charge in [0.05, 0.1) is 13.2 Å². The van der Waals surface area contributed by atoms with E-state index in [9.17, 15) is 0 Å². The van der Waals surface area contributed by atoms with Crippen molar-refractivity contribution in [2.24, 2.45) is 0 Å². The Morgan fingerprint density at radius 3 is 1.57 bits per heavy atom. The zero-order valence-corrected chi connectivity index (χ0v) is 14.7. The van der Waals surface area contributed by atoms with E-state index in [-0.39, 0.29) is 0 Å². The first-order chi connectivity index (χ1) is 11.2. The van der Waals surface area contributed by atoms with Crippen molar-refractivity contribution in [3.05, 3.63) is 46.5 Å². The maximum atomic E-state index is 6.12. The number of hydrogen-bond donors (Lipinski definition) is 0. The highest BCUT2D eigenvalue weighted by Gasteiger charge is 2.22. The van der Waals surface area contributed by atoms with Crippen LogP contribution in [-0.4, -0.2) is 13.2 Å². The quantitative estimate of drug-likeness (QED) is 0.753. The van der Waals surface area contributed by atoms with E-state index in [0.717, 1.165) is 30.8 Å². The summed E-state index contributed by atoms with van der Waals surface area (Å²) in [5, 5.41) is 0. The van der Waals surface area contributed by atoms with Crippen molar-refractivity contribution in [2.45, 2.75) is 47.0 Å². The molecule has 0 N–H and O–H groups in total. The fourth-order valence-corrected chi connectivity index (χ4v) is 3.58. The molecule has 122 valence electrons. The molecule has 0 aliphatic carbocycles. The molecule has 3 rings (SSSR count). The zero-order chi connectivity index (χ0) is 16.4. The van der Waals surface area contributed by atoms with Gasteiger partial charge in [-0.1, -0.05) is 26.0 Å². The van der Waals surface area contributed by atoms with Crippen LogP contribution in [0, 0.1) is 13.8 Å². The van der Waals surface area contributed by atoms with Gasteiger partial charge in [0.25, 0.3) is 0 Å². The minimum Gasteiger partial charge on any atom is -0.493 e. The monoisotopic (exact) mass is 310 g/mol. The molecule has 2 heteroatoms. The predicted molar refractivity (Wildman–Crippen MR) is 95.7 cm³/mol. The van der Waals surface area contributed by atoms with Crippen LogP contribution in [0.1, 0.15) is 42.5 Å². The van der Waals surface area contributed by atoms with Crippen LogP contribution in [0.5, 0.6) is 11.5 Å². The summed E-state index contributed by atoms with van der Waals surface area (Å²) in [5.41, 5.74) is 7.87. The van der Waals surface area contributed by atoms with E-state index in [1.54, 1.807) is 0 Å². The lowest BCUT2D eigenvalue weighted by Crippen LogP contribution is -2.03. The molecule has 0 amide bonds. The number of rotatable bonds is 2. The van der Waals surface area contributed by atoms with Gasteiger partial charge in [-0.2, -0.15) is 0 Å². The van der Waals surface area contributed by atoms with Gasteiger partial charge < -0.3 is 9.47 Å². The summed E-state index contributed by atoms with van der Waals surface area (Å²) >= 11 is 0. The second-order valence-electron chi connectivity index (χ2n) is 6.23. The van der Waals surface area contributed by atoms with Crippen LogP contribution in [0.2, 0.25) is 0 Å². The van der Waals surface area contributed by atoms with E-state index >= 15 is 0 Å². The first-order valence-corrected chi connectivity index (χ1v) is 8.68. The van der Waals surface area contributed by atoms with Gasteiger partial charge >= 0.3 is 0 Å². The molecule has 0 unspecified atom stereocenters. The standard InChI is InChI=1S/C21H26O2/c1-5-16-14(3)8-10-18-20(16)21-17(6-2)15(4)9-11-19(21)23-13-7-12-22-18/h8-11H,5-7,12-13H2,1-4H3. The Morgan fingerprint density at radius 1 is 0.739 bits per heavy atom. The summed E-state index contributed by atoms with van der Waals surface area (Å²) in [4.78, 5) is 0. The fraction of sp³-hybridized carbons (Fsp3) is 0.429. The van der Waals surface area contributed by atoms with Crippen molar-refractivity contribution in [1.29, 1.82) is 0 Å². The molecule has 0 spiro atoms. The van der Waals surface area contributed by atoms with Crippen LogP contribution in [0.4, 0.5) is 0 Å². The maximum Gasteiger partial charge on any atom is 0.127 e. The number of benzene rings is 2. The Morgan fingerprint density at radius 2 is 1.17 bits per heavy atom. The summed E-state index contributed by atoms with van der Waals surface area (Å²) in [5.74, 6) is 2.00. The lowest BCUT2D eigenvalue weighted by Gasteiger charge is -2.21. The smallest absolute Gasteiger partial charge is 0.127 e. The molecule has 2 aromatic carbocycles. The van der Waals surface area contributed by atoms with Crippen molar-refractivity contribution >= 4 is 0 Å². The molecule has 23 heavy (non-hydrogen) atoms. The van der Waals surface area contributed by atoms with Crippen molar-refractivity contribution in [3.63, 3.8) is 0 Å². The Hall–Kier alpha value is -1.96. The van der Waals surface area contributed by atoms with Gasteiger partial charge in [0.2, 0.25) is 0 Å². The van der Waals surface area contributed by atoms with Crippen LogP contribution >= 0.6 is 0 Å². The average Bonchev–Trinajstić information content (AvgIpc) is 2.64. The molecule has 1 aliphatic rings. The third kappa shape index (κ3) is 2.83. The first-order valence-electron chi connectivity index (χ1n) is 8.68. The Balaban J connectivity index is 2.39. The molecule has 0 saturated carbocycles. The third-order valence-electron chi connectivity index (χ3n) is 4.78. The third-order valence-corrected chi connectivity index (χ3v) is 4.78. The van der Waals surface area contributed by atoms with Gasteiger partial charge in [-0.15, -0.1) is 0 Å². The summed E-state index contributed by atoms with van der Waals surface area (Å²) in [6.45, 7) is 10.2. The highest BCUT2D eigenvalue weighted by atomic mass is 16.5. The SMILES string of the molecule is CCc1c(C)ccc2c1-c1c(ccc(C)c1CC)OCCCO2. The van der Waals surface area contributed by atoms with Gasteiger partial charge in [0.1, 0.15) is 11.5 Å². The summed E-state index contributed by atoms with van der Waals surface area (Å²) in [6.07, 6.45) is 2.90. The van der Waals surface area contributed by atoms with E-state index in [1.165, 1.54) is 33.4 Å². The number of aryl methyl sites for hydroxylation is 2. The lowest BCUT2D eigenvalue weighted by atomic mass is 9.87. The predicted octanol–water partition coefficient (Wildman–Crippen LogP) is 5.26. The van der Waals surface area contributed by atoms with Crippen LogP contribution in [-0.2, 0) is 12.8 Å². The average molecular weight is 310 g/mol. The topological polar surface area (TPSA) is 18.5 Å². The molecule has 1 aliphatic heterocycles. The van der Waals surface area contributed by atoms with E-state index in [0.29, 0.717) is 13.2 Å². The van der Waals surface area contributed by atoms with E-state index in [2.05, 4.69) is 52.0 Å². The van der Waals surface area contributed by atoms with Gasteiger partial charge in [-0.3, -0.25) is 0 Å². The van der Waals surface area contributed by atoms with E-state index in [1.807, 2.05) is 0 Å². The van der Waals surface area contributed by atoms with Crippen molar-refractivity contribution < 1.29 is 9.47 Å². The van der Waals surface area contributed by atoms with Gasteiger partial charge in [0.15, 0.2) is 0 Å². The number of fused-ring (bicyclic) bond motifs is 3. The highest BCUT2D eigenvalue weighted by Crippen LogP contribution is 2.44. The molecule has 0 saturated heterocycles. The van der Waals surface area contributed by atoms with Crippen molar-refractivity contribution in [1.82, 2.24) is 0 Å². The molecule has 0 atom stereocenters. The second-order valence-corrected chi connectivity index (χ2v) is 6.23. The maximum absolute atomic E-state index is 6.12. The molecule has 0 aromatic heterocycles. The second kappa shape index (κ2) is 6.66. The van der Waals surface area contributed by atoms with E-state index in [4.69, 9.17) is 9.47 Å². The molecular weight excluding hydrogens is 284 g/mol. The molecule has 0 radical (unpaired) electrons. The molecule has 2 aromatic rings. The number of ether oxygens (including phenoxy) is 2. The molecule has 2 nitrogen and oxygen atoms in total. The van der Waals surface area contributed by atoms with Crippen LogP contribution in [0.25, 0.3) is 11.1 Å². The van der Waals surface area contributed by atoms with Crippen molar-refractivity contribution in [2.75, 3.05) is 13.2 Å². The lowest BCUT2D eigenvalue weighted by molar-refractivity contribution is 0.252. The van der Waals surface area contributed by atoms with Crippen LogP contribution < -0.4 is 9.47 Å². The molecule has 0 fully saturated rings. The zero-order valence-electron chi connectivity index (χ0n) is 14.7. The van der Waals surface area contributed by atoms with Gasteiger partial charge in [-0.05, 0) is 61.1 Å². The summed E-state index contributed by atoms with van der Waals surface area (Å²) < 4.78 is 12.2. The van der Waals surface area contributed by atoms with Gasteiger partial charge in [0, 0.05) is 17.5 Å². The summed E-state index contributed by atoms with van der Waals surface area (Å²) in [6, 6.07) is 8.61. The Bertz CT molecular complexity index is 655. The Labute approximate surface area is 139 Å². The van der Waals surface area contributed by atoms with Crippen molar-refractivity contribution in [3.8, 4) is 22.6 Å². The largest absolute Gasteiger partial charge is 0.493 e. The van der Waals surface area contributed by atoms with E-state index < -0.39 is 0 Å². The van der Waals surface area contributed by atoms with Crippen LogP contribution in [0.15, 0.2) is 24.3 Å². The molecular formula is C21H26O2. The highest BCUT2D eigenvalue weighted by molar-refractivity contribution is 5.83. The fourth-order valence-electron chi connectivity index (χ4n) is 3.58. The first kappa shape index (κ1) is 15.9. The Kier molecular flexibility index (Phi) is 4.61. The minimum atomic E-state index is 0.702. The minimum absolute atomic E-state index is 0.702. The molecule has 0 bridgehead atoms.